The van der Waals surface area contributed by atoms with Gasteiger partial charge in [0.05, 0.1) is 0 Å². The van der Waals surface area contributed by atoms with Gasteiger partial charge in [0.25, 0.3) is 0 Å². The van der Waals surface area contributed by atoms with E-state index in [-0.39, 0.29) is 5.91 Å². The van der Waals surface area contributed by atoms with Crippen molar-refractivity contribution in [3.63, 3.8) is 0 Å². The molecule has 1 aliphatic heterocycles. The van der Waals surface area contributed by atoms with Crippen LogP contribution in [0.5, 0.6) is 0 Å². The SMILES string of the molecule is CCN1C(=O)CC(CC(C)C)c2ccc(C)cc21. The highest BCUT2D eigenvalue weighted by Crippen LogP contribution is 2.39. The number of anilines is 1. The zero-order chi connectivity index (χ0) is 13.3. The van der Waals surface area contributed by atoms with Gasteiger partial charge < -0.3 is 4.90 Å². The number of hydrogen-bond acceptors (Lipinski definition) is 1. The van der Waals surface area contributed by atoms with Crippen LogP contribution in [0.15, 0.2) is 18.2 Å². The molecule has 98 valence electrons. The second-order valence-corrected chi connectivity index (χ2v) is 5.73. The molecule has 1 unspecified atom stereocenters. The van der Waals surface area contributed by atoms with E-state index in [9.17, 15) is 4.79 Å². The molecule has 0 saturated carbocycles. The van der Waals surface area contributed by atoms with Crippen LogP contribution in [0, 0.1) is 12.8 Å². The molecule has 0 aliphatic carbocycles. The molecule has 0 N–H and O–H groups in total. The van der Waals surface area contributed by atoms with E-state index in [4.69, 9.17) is 0 Å². The van der Waals surface area contributed by atoms with Crippen molar-refractivity contribution in [2.24, 2.45) is 5.92 Å². The van der Waals surface area contributed by atoms with Gasteiger partial charge in [0.15, 0.2) is 0 Å². The number of carbonyl (C=O) groups excluding carboxylic acids is 1. The number of benzene rings is 1. The predicted octanol–water partition coefficient (Wildman–Crippen LogP) is 3.88. The fraction of sp³-hybridized carbons (Fsp3) is 0.562. The van der Waals surface area contributed by atoms with Gasteiger partial charge in [-0.2, -0.15) is 0 Å². The summed E-state index contributed by atoms with van der Waals surface area (Å²) < 4.78 is 0. The first kappa shape index (κ1) is 13.1. The van der Waals surface area contributed by atoms with E-state index < -0.39 is 0 Å². The molecule has 1 heterocycles. The molecule has 0 radical (unpaired) electrons. The maximum absolute atomic E-state index is 12.2. The molecule has 0 saturated heterocycles. The van der Waals surface area contributed by atoms with E-state index >= 15 is 0 Å². The quantitative estimate of drug-likeness (QED) is 0.791. The molecule has 0 aromatic heterocycles. The van der Waals surface area contributed by atoms with Gasteiger partial charge >= 0.3 is 0 Å². The number of nitrogens with zero attached hydrogens (tertiary/aromatic N) is 1. The summed E-state index contributed by atoms with van der Waals surface area (Å²) in [5.74, 6) is 1.31. The lowest BCUT2D eigenvalue weighted by Crippen LogP contribution is -2.36. The Balaban J connectivity index is 2.43. The summed E-state index contributed by atoms with van der Waals surface area (Å²) in [5.41, 5.74) is 3.72. The number of amides is 1. The smallest absolute Gasteiger partial charge is 0.227 e. The second-order valence-electron chi connectivity index (χ2n) is 5.73. The highest BCUT2D eigenvalue weighted by Gasteiger charge is 2.30. The van der Waals surface area contributed by atoms with Crippen molar-refractivity contribution in [1.82, 2.24) is 0 Å². The second kappa shape index (κ2) is 5.13. The van der Waals surface area contributed by atoms with Crippen LogP contribution < -0.4 is 4.90 Å². The third kappa shape index (κ3) is 2.43. The minimum absolute atomic E-state index is 0.279. The molecule has 1 amide bonds. The Hall–Kier alpha value is -1.31. The van der Waals surface area contributed by atoms with Crippen LogP contribution in [0.25, 0.3) is 0 Å². The van der Waals surface area contributed by atoms with E-state index in [0.717, 1.165) is 18.7 Å². The standard InChI is InChI=1S/C16H23NO/c1-5-17-15-9-12(4)6-7-14(15)13(8-11(2)3)10-16(17)18/h6-7,9,11,13H,5,8,10H2,1-4H3. The Morgan fingerprint density at radius 1 is 1.39 bits per heavy atom. The molecule has 1 aromatic carbocycles. The van der Waals surface area contributed by atoms with Crippen LogP contribution in [0.2, 0.25) is 0 Å². The van der Waals surface area contributed by atoms with Gasteiger partial charge in [-0.25, -0.2) is 0 Å². The van der Waals surface area contributed by atoms with E-state index in [2.05, 4.69) is 39.0 Å². The van der Waals surface area contributed by atoms with Crippen molar-refractivity contribution >= 4 is 11.6 Å². The van der Waals surface area contributed by atoms with Crippen molar-refractivity contribution in [2.45, 2.75) is 46.5 Å². The minimum atomic E-state index is 0.279. The number of hydrogen-bond donors (Lipinski definition) is 0. The highest BCUT2D eigenvalue weighted by molar-refractivity contribution is 5.97. The Morgan fingerprint density at radius 3 is 2.72 bits per heavy atom. The zero-order valence-corrected chi connectivity index (χ0v) is 11.9. The third-order valence-corrected chi connectivity index (χ3v) is 3.71. The molecule has 0 spiro atoms. The van der Waals surface area contributed by atoms with Crippen LogP contribution in [0.3, 0.4) is 0 Å². The first-order valence-electron chi connectivity index (χ1n) is 6.93. The Labute approximate surface area is 110 Å². The summed E-state index contributed by atoms with van der Waals surface area (Å²) in [6.07, 6.45) is 1.77. The monoisotopic (exact) mass is 245 g/mol. The molecule has 1 atom stereocenters. The lowest BCUT2D eigenvalue weighted by Gasteiger charge is -2.34. The summed E-state index contributed by atoms with van der Waals surface area (Å²) in [4.78, 5) is 14.1. The van der Waals surface area contributed by atoms with Crippen LogP contribution in [0.1, 0.15) is 50.7 Å². The third-order valence-electron chi connectivity index (χ3n) is 3.71. The van der Waals surface area contributed by atoms with Gasteiger partial charge in [-0.3, -0.25) is 4.79 Å². The molecule has 1 aromatic rings. The normalized spacial score (nSPS) is 19.3. The molecule has 1 aliphatic rings. The molecule has 0 bridgehead atoms. The molecule has 2 heteroatoms. The van der Waals surface area contributed by atoms with Crippen molar-refractivity contribution in [2.75, 3.05) is 11.4 Å². The topological polar surface area (TPSA) is 20.3 Å². The van der Waals surface area contributed by atoms with E-state index in [1.165, 1.54) is 11.1 Å². The summed E-state index contributed by atoms with van der Waals surface area (Å²) in [6.45, 7) is 9.36. The van der Waals surface area contributed by atoms with Gasteiger partial charge in [0.2, 0.25) is 5.91 Å². The van der Waals surface area contributed by atoms with E-state index in [1.807, 2.05) is 11.8 Å². The number of rotatable bonds is 3. The van der Waals surface area contributed by atoms with Crippen molar-refractivity contribution in [3.8, 4) is 0 Å². The Morgan fingerprint density at radius 2 is 2.11 bits per heavy atom. The minimum Gasteiger partial charge on any atom is -0.312 e. The van der Waals surface area contributed by atoms with E-state index in [0.29, 0.717) is 18.3 Å². The maximum atomic E-state index is 12.2. The molecular formula is C16H23NO. The number of fused-ring (bicyclic) bond motifs is 1. The largest absolute Gasteiger partial charge is 0.312 e. The molecule has 2 nitrogen and oxygen atoms in total. The van der Waals surface area contributed by atoms with Gasteiger partial charge in [-0.15, -0.1) is 0 Å². The average molecular weight is 245 g/mol. The summed E-state index contributed by atoms with van der Waals surface area (Å²) in [7, 11) is 0. The first-order chi connectivity index (χ1) is 8.52. The number of carbonyl (C=O) groups is 1. The van der Waals surface area contributed by atoms with Crippen LogP contribution in [-0.4, -0.2) is 12.5 Å². The van der Waals surface area contributed by atoms with Crippen molar-refractivity contribution < 1.29 is 4.79 Å². The Bertz CT molecular complexity index is 450. The summed E-state index contributed by atoms with van der Waals surface area (Å²) in [5, 5.41) is 0. The number of aryl methyl sites for hydroxylation is 1. The van der Waals surface area contributed by atoms with Crippen LogP contribution in [-0.2, 0) is 4.79 Å². The Kier molecular flexibility index (Phi) is 3.74. The van der Waals surface area contributed by atoms with Crippen molar-refractivity contribution in [1.29, 1.82) is 0 Å². The van der Waals surface area contributed by atoms with Gasteiger partial charge in [0, 0.05) is 18.7 Å². The fourth-order valence-electron chi connectivity index (χ4n) is 2.92. The zero-order valence-electron chi connectivity index (χ0n) is 11.9. The van der Waals surface area contributed by atoms with Crippen LogP contribution in [0.4, 0.5) is 5.69 Å². The molecule has 18 heavy (non-hydrogen) atoms. The van der Waals surface area contributed by atoms with Gasteiger partial charge in [-0.1, -0.05) is 26.0 Å². The van der Waals surface area contributed by atoms with Gasteiger partial charge in [0.1, 0.15) is 0 Å². The maximum Gasteiger partial charge on any atom is 0.227 e. The predicted molar refractivity (Wildman–Crippen MR) is 76.0 cm³/mol. The molecule has 2 rings (SSSR count). The fourth-order valence-corrected chi connectivity index (χ4v) is 2.92. The highest BCUT2D eigenvalue weighted by atomic mass is 16.2. The first-order valence-corrected chi connectivity index (χ1v) is 6.93. The van der Waals surface area contributed by atoms with Crippen molar-refractivity contribution in [3.05, 3.63) is 29.3 Å². The van der Waals surface area contributed by atoms with E-state index in [1.54, 1.807) is 0 Å². The summed E-state index contributed by atoms with van der Waals surface area (Å²) in [6, 6.07) is 6.53. The van der Waals surface area contributed by atoms with Crippen LogP contribution >= 0.6 is 0 Å². The van der Waals surface area contributed by atoms with Gasteiger partial charge in [-0.05, 0) is 49.3 Å². The molecule has 0 fully saturated rings. The lowest BCUT2D eigenvalue weighted by molar-refractivity contribution is -0.119. The summed E-state index contributed by atoms with van der Waals surface area (Å²) >= 11 is 0. The lowest BCUT2D eigenvalue weighted by atomic mass is 9.83. The average Bonchev–Trinajstić information content (AvgIpc) is 2.28. The molecular weight excluding hydrogens is 222 g/mol.